The van der Waals surface area contributed by atoms with Gasteiger partial charge in [-0.15, -0.1) is 0 Å². The van der Waals surface area contributed by atoms with E-state index in [0.29, 0.717) is 6.21 Å². The molecule has 0 fully saturated rings. The monoisotopic (exact) mass is 631 g/mol. The van der Waals surface area contributed by atoms with Crippen molar-refractivity contribution in [2.24, 2.45) is 5.16 Å². The molecular formula is C26H21Cl3FNO8S. The first-order valence-electron chi connectivity index (χ1n) is 11.3. The Morgan fingerprint density at radius 1 is 0.900 bits per heavy atom. The minimum Gasteiger partial charge on any atom is -0.459 e. The van der Waals surface area contributed by atoms with Crippen molar-refractivity contribution in [2.75, 3.05) is 13.7 Å². The quantitative estimate of drug-likeness (QED) is 0.0812. The molecule has 3 atom stereocenters. The maximum atomic E-state index is 15.4. The molecule has 0 heterocycles. The van der Waals surface area contributed by atoms with E-state index in [9.17, 15) is 18.0 Å². The molecule has 0 aliphatic carbocycles. The van der Waals surface area contributed by atoms with Crippen molar-refractivity contribution in [1.29, 1.82) is 0 Å². The van der Waals surface area contributed by atoms with Crippen molar-refractivity contribution in [3.05, 3.63) is 99.0 Å². The van der Waals surface area contributed by atoms with E-state index >= 15 is 4.39 Å². The molecule has 3 aromatic rings. The van der Waals surface area contributed by atoms with Gasteiger partial charge in [-0.1, -0.05) is 76.4 Å². The molecule has 0 amide bonds. The van der Waals surface area contributed by atoms with Gasteiger partial charge in [-0.2, -0.15) is 8.42 Å². The van der Waals surface area contributed by atoms with Gasteiger partial charge in [0.2, 0.25) is 0 Å². The lowest BCUT2D eigenvalue weighted by molar-refractivity contribution is -0.0478. The first kappa shape index (κ1) is 31.3. The van der Waals surface area contributed by atoms with Crippen molar-refractivity contribution < 1.29 is 40.9 Å². The average Bonchev–Trinajstić information content (AvgIpc) is 2.95. The summed E-state index contributed by atoms with van der Waals surface area (Å²) in [6, 6.07) is 17.2. The van der Waals surface area contributed by atoms with Gasteiger partial charge in [-0.3, -0.25) is 4.18 Å². The minimum atomic E-state index is -4.84. The third-order valence-corrected chi connectivity index (χ3v) is 7.65. The maximum absolute atomic E-state index is 15.4. The zero-order valence-electron chi connectivity index (χ0n) is 20.6. The number of carbonyl (C=O) groups excluding carboxylic acids is 2. The second kappa shape index (κ2) is 14.4. The van der Waals surface area contributed by atoms with Crippen molar-refractivity contribution in [1.82, 2.24) is 0 Å². The molecule has 0 N–H and O–H groups in total. The molecule has 14 heteroatoms. The highest BCUT2D eigenvalue weighted by molar-refractivity contribution is 7.87. The third kappa shape index (κ3) is 8.39. The van der Waals surface area contributed by atoms with Crippen LogP contribution in [0, 0.1) is 0 Å². The average molecular weight is 633 g/mol. The molecule has 0 aliphatic rings. The van der Waals surface area contributed by atoms with Gasteiger partial charge < -0.3 is 14.3 Å². The second-order valence-corrected chi connectivity index (χ2v) is 10.6. The molecule has 0 saturated carbocycles. The van der Waals surface area contributed by atoms with Crippen LogP contribution in [-0.2, 0) is 28.6 Å². The highest BCUT2D eigenvalue weighted by Gasteiger charge is 2.39. The largest absolute Gasteiger partial charge is 0.459 e. The number of ether oxygens (including phenoxy) is 2. The van der Waals surface area contributed by atoms with Crippen LogP contribution >= 0.6 is 34.8 Å². The molecule has 0 saturated heterocycles. The smallest absolute Gasteiger partial charge is 0.338 e. The van der Waals surface area contributed by atoms with Crippen molar-refractivity contribution in [3.8, 4) is 0 Å². The van der Waals surface area contributed by atoms with Crippen LogP contribution in [0.15, 0.2) is 82.8 Å². The molecule has 0 aliphatic heterocycles. The fraction of sp³-hybridized carbons (Fsp3) is 0.192. The van der Waals surface area contributed by atoms with Gasteiger partial charge in [0.05, 0.1) is 32.4 Å². The zero-order chi connectivity index (χ0) is 29.3. The standard InChI is InChI=1S/C26H21Cl3FNO8S/c1-36-31-14-21(30)24(38-26(33)17-10-6-3-7-11-17)22(15-37-25(32)16-8-4-2-5-9-16)39-40(34,35)23-13-19(28)18(27)12-20(23)29/h2-14,21-22,24H,15H2,1H3/b31-14-/t21-,22-,24+/m1/s1. The fourth-order valence-electron chi connectivity index (χ4n) is 3.22. The Kier molecular flexibility index (Phi) is 11.3. The molecule has 3 rings (SSSR count). The second-order valence-electron chi connectivity index (χ2n) is 7.87. The van der Waals surface area contributed by atoms with E-state index in [-0.39, 0.29) is 26.2 Å². The summed E-state index contributed by atoms with van der Waals surface area (Å²) in [5.74, 6) is -1.90. The molecule has 9 nitrogen and oxygen atoms in total. The Bertz CT molecular complexity index is 1460. The molecule has 0 aromatic heterocycles. The molecule has 0 unspecified atom stereocenters. The van der Waals surface area contributed by atoms with Gasteiger partial charge in [-0.25, -0.2) is 14.0 Å². The SMILES string of the molecule is CO/N=C\[C@@H](F)[C@H](OC(=O)c1ccccc1)[C@@H](COC(=O)c1ccccc1)OS(=O)(=O)c1cc(Cl)c(Cl)cc1Cl. The molecule has 0 bridgehead atoms. The number of benzene rings is 3. The Balaban J connectivity index is 2.01. The lowest BCUT2D eigenvalue weighted by atomic mass is 10.1. The predicted octanol–water partition coefficient (Wildman–Crippen LogP) is 5.77. The van der Waals surface area contributed by atoms with Crippen molar-refractivity contribution in [2.45, 2.75) is 23.3 Å². The number of halogens is 4. The Labute approximate surface area is 244 Å². The minimum absolute atomic E-state index is 0.0267. The van der Waals surface area contributed by atoms with Crippen molar-refractivity contribution in [3.63, 3.8) is 0 Å². The van der Waals surface area contributed by atoms with E-state index in [1.54, 1.807) is 24.3 Å². The fourth-order valence-corrected chi connectivity index (χ4v) is 5.27. The third-order valence-electron chi connectivity index (χ3n) is 5.12. The van der Waals surface area contributed by atoms with Gasteiger partial charge in [0, 0.05) is 0 Å². The van der Waals surface area contributed by atoms with E-state index in [1.165, 1.54) is 36.4 Å². The number of carbonyl (C=O) groups is 2. The molecule has 3 aromatic carbocycles. The Hall–Kier alpha value is -3.22. The normalized spacial score (nSPS) is 13.8. The van der Waals surface area contributed by atoms with E-state index in [2.05, 4.69) is 9.99 Å². The van der Waals surface area contributed by atoms with Crippen LogP contribution in [0.3, 0.4) is 0 Å². The number of hydrogen-bond donors (Lipinski definition) is 0. The van der Waals surface area contributed by atoms with Crippen LogP contribution in [0.4, 0.5) is 4.39 Å². The Morgan fingerprint density at radius 3 is 2.02 bits per heavy atom. The van der Waals surface area contributed by atoms with Crippen LogP contribution in [0.25, 0.3) is 0 Å². The highest BCUT2D eigenvalue weighted by Crippen LogP contribution is 2.33. The Morgan fingerprint density at radius 2 is 1.45 bits per heavy atom. The topological polar surface area (TPSA) is 118 Å². The number of rotatable bonds is 12. The number of alkyl halides is 1. The summed E-state index contributed by atoms with van der Waals surface area (Å²) in [5.41, 5.74) is 0.144. The van der Waals surface area contributed by atoms with Gasteiger partial charge in [0.1, 0.15) is 18.6 Å². The maximum Gasteiger partial charge on any atom is 0.338 e. The zero-order valence-corrected chi connectivity index (χ0v) is 23.7. The van der Waals surface area contributed by atoms with E-state index in [1.807, 2.05) is 0 Å². The van der Waals surface area contributed by atoms with Crippen molar-refractivity contribution >= 4 is 63.1 Å². The number of hydrogen-bond acceptors (Lipinski definition) is 9. The summed E-state index contributed by atoms with van der Waals surface area (Å²) in [6.45, 7) is -0.875. The van der Waals surface area contributed by atoms with Crippen LogP contribution < -0.4 is 0 Å². The van der Waals surface area contributed by atoms with Crippen LogP contribution in [-0.4, -0.2) is 58.7 Å². The summed E-state index contributed by atoms with van der Waals surface area (Å²) in [5, 5.41) is 2.78. The predicted molar refractivity (Wildman–Crippen MR) is 146 cm³/mol. The summed E-state index contributed by atoms with van der Waals surface area (Å²) < 4.78 is 57.8. The lowest BCUT2D eigenvalue weighted by Crippen LogP contribution is -2.45. The van der Waals surface area contributed by atoms with Crippen LogP contribution in [0.1, 0.15) is 20.7 Å². The van der Waals surface area contributed by atoms with Crippen LogP contribution in [0.5, 0.6) is 0 Å². The van der Waals surface area contributed by atoms with Gasteiger partial charge in [0.15, 0.2) is 18.4 Å². The van der Waals surface area contributed by atoms with Gasteiger partial charge in [-0.05, 0) is 36.4 Å². The van der Waals surface area contributed by atoms with Gasteiger partial charge >= 0.3 is 11.9 Å². The van der Waals surface area contributed by atoms with Crippen LogP contribution in [0.2, 0.25) is 15.1 Å². The highest BCUT2D eigenvalue weighted by atomic mass is 35.5. The summed E-state index contributed by atoms with van der Waals surface area (Å²) in [4.78, 5) is 29.3. The number of nitrogens with zero attached hydrogens (tertiary/aromatic N) is 1. The summed E-state index contributed by atoms with van der Waals surface area (Å²) in [7, 11) is -3.70. The summed E-state index contributed by atoms with van der Waals surface area (Å²) >= 11 is 17.9. The first-order chi connectivity index (χ1) is 19.0. The van der Waals surface area contributed by atoms with Gasteiger partial charge in [0.25, 0.3) is 10.1 Å². The lowest BCUT2D eigenvalue weighted by Gasteiger charge is -2.27. The molecule has 0 radical (unpaired) electrons. The van der Waals surface area contributed by atoms with E-state index in [4.69, 9.17) is 48.5 Å². The molecule has 0 spiro atoms. The number of oxime groups is 1. The summed E-state index contributed by atoms with van der Waals surface area (Å²) in [6.07, 6.45) is -5.61. The van der Waals surface area contributed by atoms with E-state index < -0.39 is 51.9 Å². The molecule has 212 valence electrons. The number of esters is 2. The van der Waals surface area contributed by atoms with E-state index in [0.717, 1.165) is 19.2 Å². The molecular weight excluding hydrogens is 612 g/mol. The molecule has 40 heavy (non-hydrogen) atoms. The first-order valence-corrected chi connectivity index (χ1v) is 13.8.